The summed E-state index contributed by atoms with van der Waals surface area (Å²) in [4.78, 5) is 24.6. The monoisotopic (exact) mass is 348 g/mol. The van der Waals surface area contributed by atoms with Crippen molar-refractivity contribution in [2.24, 2.45) is 0 Å². The van der Waals surface area contributed by atoms with E-state index in [9.17, 15) is 14.0 Å². The molecule has 0 aliphatic carbocycles. The lowest BCUT2D eigenvalue weighted by Gasteiger charge is -2.09. The van der Waals surface area contributed by atoms with Gasteiger partial charge < -0.3 is 10.6 Å². The molecule has 0 aliphatic rings. The van der Waals surface area contributed by atoms with Gasteiger partial charge in [-0.25, -0.2) is 4.39 Å². The van der Waals surface area contributed by atoms with Crippen molar-refractivity contribution in [1.29, 1.82) is 0 Å². The normalized spacial score (nSPS) is 10.2. The molecule has 5 heteroatoms. The maximum Gasteiger partial charge on any atom is 0.255 e. The molecule has 3 aromatic carbocycles. The molecule has 0 spiro atoms. The minimum atomic E-state index is -0.371. The lowest BCUT2D eigenvalue weighted by atomic mass is 10.1. The predicted octanol–water partition coefficient (Wildman–Crippen LogP) is 4.64. The lowest BCUT2D eigenvalue weighted by molar-refractivity contribution is 0.101. The van der Waals surface area contributed by atoms with Crippen LogP contribution in [0, 0.1) is 12.7 Å². The van der Waals surface area contributed by atoms with E-state index in [1.54, 1.807) is 36.4 Å². The Morgan fingerprint density at radius 1 is 0.731 bits per heavy atom. The van der Waals surface area contributed by atoms with E-state index in [1.165, 1.54) is 24.3 Å². The number of benzene rings is 3. The summed E-state index contributed by atoms with van der Waals surface area (Å²) in [6, 6.07) is 19.3. The summed E-state index contributed by atoms with van der Waals surface area (Å²) < 4.78 is 12.9. The molecule has 0 atom stereocenters. The van der Waals surface area contributed by atoms with Gasteiger partial charge in [0.25, 0.3) is 11.8 Å². The fourth-order valence-corrected chi connectivity index (χ4v) is 2.38. The maximum atomic E-state index is 12.9. The lowest BCUT2D eigenvalue weighted by Crippen LogP contribution is -2.14. The number of nitrogens with one attached hydrogen (secondary N) is 2. The second-order valence-corrected chi connectivity index (χ2v) is 5.86. The summed E-state index contributed by atoms with van der Waals surface area (Å²) in [7, 11) is 0. The van der Waals surface area contributed by atoms with E-state index in [0.717, 1.165) is 5.56 Å². The van der Waals surface area contributed by atoms with Gasteiger partial charge in [0.1, 0.15) is 5.82 Å². The topological polar surface area (TPSA) is 58.2 Å². The van der Waals surface area contributed by atoms with E-state index >= 15 is 0 Å². The van der Waals surface area contributed by atoms with Crippen LogP contribution < -0.4 is 10.6 Å². The van der Waals surface area contributed by atoms with Crippen LogP contribution in [0.5, 0.6) is 0 Å². The zero-order chi connectivity index (χ0) is 18.5. The molecule has 0 heterocycles. The summed E-state index contributed by atoms with van der Waals surface area (Å²) >= 11 is 0. The second-order valence-electron chi connectivity index (χ2n) is 5.86. The fraction of sp³-hybridized carbons (Fsp3) is 0.0476. The molecule has 0 radical (unpaired) electrons. The molecule has 2 amide bonds. The van der Waals surface area contributed by atoms with Crippen LogP contribution in [0.4, 0.5) is 15.8 Å². The van der Waals surface area contributed by atoms with E-state index in [2.05, 4.69) is 10.6 Å². The molecule has 0 saturated heterocycles. The molecular weight excluding hydrogens is 331 g/mol. The predicted molar refractivity (Wildman–Crippen MR) is 99.9 cm³/mol. The quantitative estimate of drug-likeness (QED) is 0.722. The number of rotatable bonds is 4. The summed E-state index contributed by atoms with van der Waals surface area (Å²) in [5.74, 6) is -0.965. The number of aryl methyl sites for hydroxylation is 1. The molecule has 3 aromatic rings. The number of carbonyl (C=O) groups excluding carboxylic acids is 2. The molecule has 130 valence electrons. The number of halogens is 1. The van der Waals surface area contributed by atoms with Crippen molar-refractivity contribution in [2.45, 2.75) is 6.92 Å². The van der Waals surface area contributed by atoms with E-state index in [1.807, 2.05) is 19.1 Å². The third-order valence-electron chi connectivity index (χ3n) is 3.80. The highest BCUT2D eigenvalue weighted by atomic mass is 19.1. The van der Waals surface area contributed by atoms with Crippen LogP contribution in [0.25, 0.3) is 0 Å². The molecule has 0 fully saturated rings. The molecule has 0 saturated carbocycles. The van der Waals surface area contributed by atoms with Gasteiger partial charge in [-0.1, -0.05) is 23.8 Å². The minimum Gasteiger partial charge on any atom is -0.322 e. The van der Waals surface area contributed by atoms with Gasteiger partial charge in [-0.2, -0.15) is 0 Å². The Morgan fingerprint density at radius 2 is 1.35 bits per heavy atom. The fourth-order valence-electron chi connectivity index (χ4n) is 2.38. The van der Waals surface area contributed by atoms with E-state index < -0.39 is 0 Å². The van der Waals surface area contributed by atoms with Crippen LogP contribution in [0.15, 0.2) is 72.8 Å². The molecule has 0 bridgehead atoms. The van der Waals surface area contributed by atoms with Gasteiger partial charge in [-0.15, -0.1) is 0 Å². The number of amides is 2. The zero-order valence-electron chi connectivity index (χ0n) is 14.1. The molecule has 26 heavy (non-hydrogen) atoms. The number of hydrogen-bond donors (Lipinski definition) is 2. The SMILES string of the molecule is Cc1ccc(C(=O)Nc2cccc(C(=O)Nc3ccc(F)cc3)c2)cc1. The number of carbonyl (C=O) groups is 2. The van der Waals surface area contributed by atoms with Crippen LogP contribution >= 0.6 is 0 Å². The molecule has 0 unspecified atom stereocenters. The highest BCUT2D eigenvalue weighted by Gasteiger charge is 2.10. The Labute approximate surface area is 150 Å². The first-order valence-electron chi connectivity index (χ1n) is 8.06. The Kier molecular flexibility index (Phi) is 5.08. The third kappa shape index (κ3) is 4.33. The van der Waals surface area contributed by atoms with Crippen molar-refractivity contribution in [3.63, 3.8) is 0 Å². The van der Waals surface area contributed by atoms with Gasteiger partial charge in [0, 0.05) is 22.5 Å². The van der Waals surface area contributed by atoms with Gasteiger partial charge >= 0.3 is 0 Å². The Balaban J connectivity index is 1.71. The summed E-state index contributed by atoms with van der Waals surface area (Å²) in [6.45, 7) is 1.95. The highest BCUT2D eigenvalue weighted by molar-refractivity contribution is 6.07. The number of anilines is 2. The van der Waals surface area contributed by atoms with Crippen molar-refractivity contribution in [2.75, 3.05) is 10.6 Å². The Hall–Kier alpha value is -3.47. The second kappa shape index (κ2) is 7.61. The Bertz CT molecular complexity index is 935. The standard InChI is InChI=1S/C21H17FN2O2/c1-14-5-7-15(8-6-14)20(25)24-19-4-2-3-16(13-19)21(26)23-18-11-9-17(22)10-12-18/h2-13H,1H3,(H,23,26)(H,24,25). The van der Waals surface area contributed by atoms with Gasteiger partial charge in [0.2, 0.25) is 0 Å². The van der Waals surface area contributed by atoms with Gasteiger partial charge in [0.15, 0.2) is 0 Å². The van der Waals surface area contributed by atoms with Crippen LogP contribution in [-0.4, -0.2) is 11.8 Å². The smallest absolute Gasteiger partial charge is 0.255 e. The minimum absolute atomic E-state index is 0.249. The summed E-state index contributed by atoms with van der Waals surface area (Å²) in [5.41, 5.74) is 3.00. The molecular formula is C21H17FN2O2. The average Bonchev–Trinajstić information content (AvgIpc) is 2.64. The van der Waals surface area contributed by atoms with E-state index in [0.29, 0.717) is 22.5 Å². The molecule has 0 aliphatic heterocycles. The average molecular weight is 348 g/mol. The first kappa shape index (κ1) is 17.4. The van der Waals surface area contributed by atoms with Gasteiger partial charge in [-0.05, 0) is 61.5 Å². The van der Waals surface area contributed by atoms with Crippen molar-refractivity contribution in [3.8, 4) is 0 Å². The molecule has 0 aromatic heterocycles. The first-order chi connectivity index (χ1) is 12.5. The Morgan fingerprint density at radius 3 is 2.04 bits per heavy atom. The molecule has 3 rings (SSSR count). The van der Waals surface area contributed by atoms with Gasteiger partial charge in [-0.3, -0.25) is 9.59 Å². The molecule has 2 N–H and O–H groups in total. The third-order valence-corrected chi connectivity index (χ3v) is 3.80. The van der Waals surface area contributed by atoms with Crippen LogP contribution in [0.2, 0.25) is 0 Å². The van der Waals surface area contributed by atoms with Crippen molar-refractivity contribution in [1.82, 2.24) is 0 Å². The zero-order valence-corrected chi connectivity index (χ0v) is 14.1. The van der Waals surface area contributed by atoms with Crippen LogP contribution in [0.3, 0.4) is 0 Å². The molecule has 4 nitrogen and oxygen atoms in total. The van der Waals surface area contributed by atoms with Crippen molar-refractivity contribution >= 4 is 23.2 Å². The maximum absolute atomic E-state index is 12.9. The van der Waals surface area contributed by atoms with Crippen LogP contribution in [-0.2, 0) is 0 Å². The summed E-state index contributed by atoms with van der Waals surface area (Å²) in [5, 5.41) is 5.46. The van der Waals surface area contributed by atoms with Crippen LogP contribution in [0.1, 0.15) is 26.3 Å². The first-order valence-corrected chi connectivity index (χ1v) is 8.06. The number of hydrogen-bond acceptors (Lipinski definition) is 2. The van der Waals surface area contributed by atoms with Crippen molar-refractivity contribution < 1.29 is 14.0 Å². The largest absolute Gasteiger partial charge is 0.322 e. The van der Waals surface area contributed by atoms with Gasteiger partial charge in [0.05, 0.1) is 0 Å². The van der Waals surface area contributed by atoms with E-state index in [-0.39, 0.29) is 17.6 Å². The summed E-state index contributed by atoms with van der Waals surface area (Å²) in [6.07, 6.45) is 0. The van der Waals surface area contributed by atoms with Crippen molar-refractivity contribution in [3.05, 3.63) is 95.3 Å². The highest BCUT2D eigenvalue weighted by Crippen LogP contribution is 2.15. The van der Waals surface area contributed by atoms with E-state index in [4.69, 9.17) is 0 Å².